The van der Waals surface area contributed by atoms with Crippen molar-refractivity contribution in [1.82, 2.24) is 15.6 Å². The van der Waals surface area contributed by atoms with Crippen molar-refractivity contribution in [1.29, 1.82) is 0 Å². The second-order valence-electron chi connectivity index (χ2n) is 4.36. The number of carbonyl (C=O) groups excluding carboxylic acids is 1. The van der Waals surface area contributed by atoms with Crippen molar-refractivity contribution in [2.75, 3.05) is 6.54 Å². The average molecular weight is 253 g/mol. The molecule has 0 aromatic carbocycles. The Kier molecular flexibility index (Phi) is 4.50. The van der Waals surface area contributed by atoms with Gasteiger partial charge >= 0.3 is 0 Å². The van der Waals surface area contributed by atoms with Crippen molar-refractivity contribution in [3.63, 3.8) is 0 Å². The van der Waals surface area contributed by atoms with Gasteiger partial charge in [-0.25, -0.2) is 4.98 Å². The molecule has 1 aromatic rings. The van der Waals surface area contributed by atoms with Crippen LogP contribution in [0.2, 0.25) is 0 Å². The Hall–Kier alpha value is -0.940. The fourth-order valence-corrected chi connectivity index (χ4v) is 2.75. The van der Waals surface area contributed by atoms with Crippen molar-refractivity contribution < 1.29 is 4.79 Å². The summed E-state index contributed by atoms with van der Waals surface area (Å²) in [7, 11) is 0. The van der Waals surface area contributed by atoms with Crippen LogP contribution in [-0.2, 0) is 17.8 Å². The lowest BCUT2D eigenvalue weighted by molar-refractivity contribution is -0.121. The Morgan fingerprint density at radius 3 is 3.24 bits per heavy atom. The SMILES string of the molecule is CCc1nc(CNC(=O)CC2CCCN2)cs1. The molecule has 0 aliphatic carbocycles. The van der Waals surface area contributed by atoms with Gasteiger partial charge in [-0.05, 0) is 25.8 Å². The van der Waals surface area contributed by atoms with Crippen LogP contribution in [0, 0.1) is 0 Å². The highest BCUT2D eigenvalue weighted by molar-refractivity contribution is 7.09. The molecule has 1 saturated heterocycles. The van der Waals surface area contributed by atoms with Gasteiger partial charge in [0, 0.05) is 17.8 Å². The Balaban J connectivity index is 1.71. The third-order valence-electron chi connectivity index (χ3n) is 2.96. The quantitative estimate of drug-likeness (QED) is 0.835. The van der Waals surface area contributed by atoms with E-state index in [0.29, 0.717) is 19.0 Å². The predicted octanol–water partition coefficient (Wildman–Crippen LogP) is 1.46. The maximum atomic E-state index is 11.7. The summed E-state index contributed by atoms with van der Waals surface area (Å²) in [5.74, 6) is 0.121. The van der Waals surface area contributed by atoms with Gasteiger partial charge in [-0.2, -0.15) is 0 Å². The molecule has 94 valence electrons. The molecule has 4 nitrogen and oxygen atoms in total. The molecule has 1 unspecified atom stereocenters. The number of nitrogens with zero attached hydrogens (tertiary/aromatic N) is 1. The van der Waals surface area contributed by atoms with E-state index in [-0.39, 0.29) is 5.91 Å². The third kappa shape index (κ3) is 3.78. The standard InChI is InChI=1S/C12H19N3OS/c1-2-12-15-10(8-17-12)7-14-11(16)6-9-4-3-5-13-9/h8-9,13H,2-7H2,1H3,(H,14,16). The first-order valence-corrected chi connectivity index (χ1v) is 7.09. The van der Waals surface area contributed by atoms with E-state index in [4.69, 9.17) is 0 Å². The molecule has 2 rings (SSSR count). The number of aromatic nitrogens is 1. The zero-order valence-electron chi connectivity index (χ0n) is 10.2. The van der Waals surface area contributed by atoms with E-state index >= 15 is 0 Å². The van der Waals surface area contributed by atoms with E-state index in [1.807, 2.05) is 5.38 Å². The van der Waals surface area contributed by atoms with Gasteiger partial charge in [-0.3, -0.25) is 4.79 Å². The fourth-order valence-electron chi connectivity index (χ4n) is 2.01. The van der Waals surface area contributed by atoms with Crippen LogP contribution in [0.25, 0.3) is 0 Å². The summed E-state index contributed by atoms with van der Waals surface area (Å²) in [6, 6.07) is 0.372. The number of thiazole rings is 1. The fraction of sp³-hybridized carbons (Fsp3) is 0.667. The molecule has 0 saturated carbocycles. The summed E-state index contributed by atoms with van der Waals surface area (Å²) >= 11 is 1.66. The maximum absolute atomic E-state index is 11.7. The van der Waals surface area contributed by atoms with Gasteiger partial charge in [0.15, 0.2) is 0 Å². The van der Waals surface area contributed by atoms with Crippen molar-refractivity contribution in [3.8, 4) is 0 Å². The van der Waals surface area contributed by atoms with Gasteiger partial charge in [0.25, 0.3) is 0 Å². The van der Waals surface area contributed by atoms with Crippen LogP contribution in [0.3, 0.4) is 0 Å². The highest BCUT2D eigenvalue weighted by atomic mass is 32.1. The monoisotopic (exact) mass is 253 g/mol. The number of aryl methyl sites for hydroxylation is 1. The van der Waals surface area contributed by atoms with Gasteiger partial charge in [0.1, 0.15) is 0 Å². The summed E-state index contributed by atoms with van der Waals surface area (Å²) in [6.07, 6.45) is 3.85. The first kappa shape index (κ1) is 12.5. The Morgan fingerprint density at radius 2 is 2.59 bits per heavy atom. The molecular formula is C12H19N3OS. The molecule has 1 amide bonds. The van der Waals surface area contributed by atoms with Gasteiger partial charge in [0.05, 0.1) is 17.2 Å². The Bertz CT molecular complexity index is 372. The summed E-state index contributed by atoms with van der Waals surface area (Å²) in [5, 5.41) is 9.40. The molecule has 17 heavy (non-hydrogen) atoms. The van der Waals surface area contributed by atoms with Gasteiger partial charge in [-0.1, -0.05) is 6.92 Å². The predicted molar refractivity (Wildman–Crippen MR) is 69.0 cm³/mol. The molecule has 0 spiro atoms. The van der Waals surface area contributed by atoms with Crippen LogP contribution in [0.4, 0.5) is 0 Å². The molecule has 1 aromatic heterocycles. The van der Waals surface area contributed by atoms with E-state index in [9.17, 15) is 4.79 Å². The highest BCUT2D eigenvalue weighted by Crippen LogP contribution is 2.11. The van der Waals surface area contributed by atoms with Gasteiger partial charge < -0.3 is 10.6 Å². The summed E-state index contributed by atoms with van der Waals surface area (Å²) < 4.78 is 0. The van der Waals surface area contributed by atoms with E-state index in [2.05, 4.69) is 22.5 Å². The van der Waals surface area contributed by atoms with Crippen molar-refractivity contribution >= 4 is 17.2 Å². The van der Waals surface area contributed by atoms with Crippen LogP contribution in [0.5, 0.6) is 0 Å². The lowest BCUT2D eigenvalue weighted by Gasteiger charge is -2.09. The van der Waals surface area contributed by atoms with Crippen LogP contribution in [0.1, 0.15) is 36.9 Å². The van der Waals surface area contributed by atoms with Crippen molar-refractivity contribution in [2.45, 2.75) is 45.2 Å². The van der Waals surface area contributed by atoms with Gasteiger partial charge in [0.2, 0.25) is 5.91 Å². The molecule has 1 atom stereocenters. The first-order chi connectivity index (χ1) is 8.28. The minimum absolute atomic E-state index is 0.121. The molecule has 2 N–H and O–H groups in total. The third-order valence-corrected chi connectivity index (χ3v) is 4.00. The number of amides is 1. The number of hydrogen-bond acceptors (Lipinski definition) is 4. The van der Waals surface area contributed by atoms with Crippen molar-refractivity contribution in [3.05, 3.63) is 16.1 Å². The molecule has 0 radical (unpaired) electrons. The molecule has 1 aliphatic heterocycles. The minimum Gasteiger partial charge on any atom is -0.350 e. The van der Waals surface area contributed by atoms with E-state index < -0.39 is 0 Å². The first-order valence-electron chi connectivity index (χ1n) is 6.21. The van der Waals surface area contributed by atoms with Gasteiger partial charge in [-0.15, -0.1) is 11.3 Å². The normalized spacial score (nSPS) is 19.5. The summed E-state index contributed by atoms with van der Waals surface area (Å²) in [6.45, 7) is 3.69. The second-order valence-corrected chi connectivity index (χ2v) is 5.30. The molecule has 1 aliphatic rings. The molecule has 5 heteroatoms. The number of carbonyl (C=O) groups is 1. The lowest BCUT2D eigenvalue weighted by atomic mass is 10.1. The topological polar surface area (TPSA) is 54.0 Å². The zero-order valence-corrected chi connectivity index (χ0v) is 11.0. The summed E-state index contributed by atoms with van der Waals surface area (Å²) in [5.41, 5.74) is 0.972. The van der Waals surface area contributed by atoms with Crippen molar-refractivity contribution in [2.24, 2.45) is 0 Å². The van der Waals surface area contributed by atoms with Crippen LogP contribution in [-0.4, -0.2) is 23.5 Å². The highest BCUT2D eigenvalue weighted by Gasteiger charge is 2.17. The lowest BCUT2D eigenvalue weighted by Crippen LogP contribution is -2.31. The van der Waals surface area contributed by atoms with Crippen LogP contribution < -0.4 is 10.6 Å². The second kappa shape index (κ2) is 6.12. The molecule has 2 heterocycles. The van der Waals surface area contributed by atoms with Crippen LogP contribution in [0.15, 0.2) is 5.38 Å². The minimum atomic E-state index is 0.121. The maximum Gasteiger partial charge on any atom is 0.221 e. The average Bonchev–Trinajstić information content (AvgIpc) is 2.96. The number of hydrogen-bond donors (Lipinski definition) is 2. The Labute approximate surface area is 106 Å². The zero-order chi connectivity index (χ0) is 12.1. The largest absolute Gasteiger partial charge is 0.350 e. The smallest absolute Gasteiger partial charge is 0.221 e. The van der Waals surface area contributed by atoms with E-state index in [1.165, 1.54) is 6.42 Å². The summed E-state index contributed by atoms with van der Waals surface area (Å²) in [4.78, 5) is 16.1. The Morgan fingerprint density at radius 1 is 1.71 bits per heavy atom. The molecule has 1 fully saturated rings. The molecule has 0 bridgehead atoms. The van der Waals surface area contributed by atoms with E-state index in [1.54, 1.807) is 11.3 Å². The number of rotatable bonds is 5. The van der Waals surface area contributed by atoms with E-state index in [0.717, 1.165) is 30.1 Å². The molecular weight excluding hydrogens is 234 g/mol. The number of nitrogens with one attached hydrogen (secondary N) is 2. The van der Waals surface area contributed by atoms with Crippen LogP contribution >= 0.6 is 11.3 Å².